The van der Waals surface area contributed by atoms with Crippen molar-refractivity contribution in [2.24, 2.45) is 5.73 Å². The van der Waals surface area contributed by atoms with Gasteiger partial charge in [0.25, 0.3) is 5.91 Å². The second-order valence-corrected chi connectivity index (χ2v) is 3.59. The van der Waals surface area contributed by atoms with Gasteiger partial charge in [0.2, 0.25) is 0 Å². The highest BCUT2D eigenvalue weighted by molar-refractivity contribution is 5.94. The fourth-order valence-electron chi connectivity index (χ4n) is 1.68. The Hall–Kier alpha value is -1.35. The molecule has 1 heterocycles. The van der Waals surface area contributed by atoms with Crippen molar-refractivity contribution in [3.63, 3.8) is 0 Å². The Morgan fingerprint density at radius 3 is 2.79 bits per heavy atom. The molecule has 1 atom stereocenters. The Bertz CT molecular complexity index is 323. The van der Waals surface area contributed by atoms with Gasteiger partial charge in [-0.1, -0.05) is 12.1 Å². The SMILES string of the molecule is NC1CCN(C(=O)c2cc[c]cc2)C1. The molecule has 1 aliphatic heterocycles. The second-order valence-electron chi connectivity index (χ2n) is 3.59. The van der Waals surface area contributed by atoms with Crippen LogP contribution in [0.3, 0.4) is 0 Å². The van der Waals surface area contributed by atoms with Crippen molar-refractivity contribution < 1.29 is 4.79 Å². The minimum Gasteiger partial charge on any atom is -0.337 e. The quantitative estimate of drug-likeness (QED) is 0.705. The molecular weight excluding hydrogens is 176 g/mol. The van der Waals surface area contributed by atoms with E-state index in [-0.39, 0.29) is 11.9 Å². The standard InChI is InChI=1S/C11H13N2O/c12-10-6-7-13(8-10)11(14)9-4-2-1-3-5-9/h2-5,10H,6-8,12H2. The van der Waals surface area contributed by atoms with Crippen molar-refractivity contribution in [1.29, 1.82) is 0 Å². The Morgan fingerprint density at radius 1 is 1.50 bits per heavy atom. The molecule has 0 aliphatic carbocycles. The molecule has 0 spiro atoms. The van der Waals surface area contributed by atoms with E-state index in [1.165, 1.54) is 0 Å². The van der Waals surface area contributed by atoms with Crippen LogP contribution in [0.4, 0.5) is 0 Å². The number of nitrogens with two attached hydrogens (primary N) is 1. The Labute approximate surface area is 83.5 Å². The summed E-state index contributed by atoms with van der Waals surface area (Å²) in [6, 6.07) is 10.1. The maximum absolute atomic E-state index is 11.8. The summed E-state index contributed by atoms with van der Waals surface area (Å²) < 4.78 is 0. The van der Waals surface area contributed by atoms with Crippen molar-refractivity contribution in [2.75, 3.05) is 13.1 Å². The van der Waals surface area contributed by atoms with E-state index in [1.54, 1.807) is 29.2 Å². The number of carbonyl (C=O) groups is 1. The first kappa shape index (κ1) is 9.21. The average molecular weight is 189 g/mol. The third-order valence-electron chi connectivity index (χ3n) is 2.48. The topological polar surface area (TPSA) is 46.3 Å². The summed E-state index contributed by atoms with van der Waals surface area (Å²) in [4.78, 5) is 13.7. The lowest BCUT2D eigenvalue weighted by molar-refractivity contribution is 0.0791. The molecule has 3 heteroatoms. The van der Waals surface area contributed by atoms with Crippen LogP contribution in [0.1, 0.15) is 16.8 Å². The van der Waals surface area contributed by atoms with E-state index in [2.05, 4.69) is 6.07 Å². The smallest absolute Gasteiger partial charge is 0.253 e. The molecule has 1 aliphatic rings. The average Bonchev–Trinajstić information content (AvgIpc) is 2.65. The maximum atomic E-state index is 11.8. The minimum absolute atomic E-state index is 0.0759. The summed E-state index contributed by atoms with van der Waals surface area (Å²) in [5.74, 6) is 0.0759. The van der Waals surface area contributed by atoms with Gasteiger partial charge in [0.05, 0.1) is 0 Å². The lowest BCUT2D eigenvalue weighted by Gasteiger charge is -2.15. The molecule has 0 saturated carbocycles. The molecule has 0 bridgehead atoms. The monoisotopic (exact) mass is 189 g/mol. The first-order chi connectivity index (χ1) is 6.77. The molecule has 1 fully saturated rings. The first-order valence-electron chi connectivity index (χ1n) is 4.78. The summed E-state index contributed by atoms with van der Waals surface area (Å²) in [6.07, 6.45) is 0.907. The zero-order valence-corrected chi connectivity index (χ0v) is 7.94. The number of hydrogen-bond donors (Lipinski definition) is 1. The molecule has 0 aromatic heterocycles. The van der Waals surface area contributed by atoms with Crippen molar-refractivity contribution >= 4 is 5.91 Å². The van der Waals surface area contributed by atoms with Gasteiger partial charge in [0, 0.05) is 24.7 Å². The molecule has 2 N–H and O–H groups in total. The van der Waals surface area contributed by atoms with Gasteiger partial charge in [-0.2, -0.15) is 0 Å². The van der Waals surface area contributed by atoms with Crippen LogP contribution in [0.5, 0.6) is 0 Å². The van der Waals surface area contributed by atoms with Crippen LogP contribution in [-0.4, -0.2) is 29.9 Å². The van der Waals surface area contributed by atoms with Gasteiger partial charge in [0.1, 0.15) is 0 Å². The normalized spacial score (nSPS) is 21.2. The van der Waals surface area contributed by atoms with Gasteiger partial charge in [-0.3, -0.25) is 4.79 Å². The fraction of sp³-hybridized carbons (Fsp3) is 0.364. The van der Waals surface area contributed by atoms with E-state index in [0.717, 1.165) is 18.5 Å². The highest BCUT2D eigenvalue weighted by atomic mass is 16.2. The van der Waals surface area contributed by atoms with Crippen LogP contribution >= 0.6 is 0 Å². The molecule has 1 saturated heterocycles. The zero-order valence-electron chi connectivity index (χ0n) is 7.94. The molecule has 3 nitrogen and oxygen atoms in total. The zero-order chi connectivity index (χ0) is 9.97. The number of likely N-dealkylation sites (tertiary alicyclic amines) is 1. The maximum Gasteiger partial charge on any atom is 0.253 e. The fourth-order valence-corrected chi connectivity index (χ4v) is 1.68. The number of rotatable bonds is 1. The van der Waals surface area contributed by atoms with Crippen molar-refractivity contribution in [2.45, 2.75) is 12.5 Å². The van der Waals surface area contributed by atoms with Crippen molar-refractivity contribution in [1.82, 2.24) is 4.90 Å². The largest absolute Gasteiger partial charge is 0.337 e. The van der Waals surface area contributed by atoms with Crippen molar-refractivity contribution in [3.8, 4) is 0 Å². The van der Waals surface area contributed by atoms with E-state index in [9.17, 15) is 4.79 Å². The van der Waals surface area contributed by atoms with E-state index in [0.29, 0.717) is 6.54 Å². The van der Waals surface area contributed by atoms with Crippen LogP contribution in [0.15, 0.2) is 24.3 Å². The molecule has 1 unspecified atom stereocenters. The van der Waals surface area contributed by atoms with E-state index in [4.69, 9.17) is 5.73 Å². The minimum atomic E-state index is 0.0759. The van der Waals surface area contributed by atoms with Crippen LogP contribution in [0, 0.1) is 6.07 Å². The second kappa shape index (κ2) is 3.80. The third kappa shape index (κ3) is 1.77. The Morgan fingerprint density at radius 2 is 2.21 bits per heavy atom. The summed E-state index contributed by atoms with van der Waals surface area (Å²) >= 11 is 0. The molecule has 2 rings (SSSR count). The molecule has 1 radical (unpaired) electrons. The molecule has 1 aromatic carbocycles. The van der Waals surface area contributed by atoms with Crippen LogP contribution in [-0.2, 0) is 0 Å². The number of hydrogen-bond acceptors (Lipinski definition) is 2. The highest BCUT2D eigenvalue weighted by Crippen LogP contribution is 2.11. The van der Waals surface area contributed by atoms with Gasteiger partial charge < -0.3 is 10.6 Å². The summed E-state index contributed by atoms with van der Waals surface area (Å²) in [7, 11) is 0. The molecular formula is C11H13N2O. The predicted octanol–water partition coefficient (Wildman–Crippen LogP) is 0.660. The first-order valence-corrected chi connectivity index (χ1v) is 4.78. The highest BCUT2D eigenvalue weighted by Gasteiger charge is 2.23. The van der Waals surface area contributed by atoms with Gasteiger partial charge in [-0.25, -0.2) is 0 Å². The van der Waals surface area contributed by atoms with E-state index >= 15 is 0 Å². The molecule has 73 valence electrons. The number of amides is 1. The molecule has 1 aromatic rings. The summed E-state index contributed by atoms with van der Waals surface area (Å²) in [5.41, 5.74) is 6.46. The van der Waals surface area contributed by atoms with Crippen LogP contribution in [0.25, 0.3) is 0 Å². The van der Waals surface area contributed by atoms with Crippen molar-refractivity contribution in [3.05, 3.63) is 35.9 Å². The van der Waals surface area contributed by atoms with Crippen LogP contribution < -0.4 is 5.73 Å². The number of nitrogens with zero attached hydrogens (tertiary/aromatic N) is 1. The summed E-state index contributed by atoms with van der Waals surface area (Å²) in [6.45, 7) is 1.45. The van der Waals surface area contributed by atoms with Gasteiger partial charge in [-0.15, -0.1) is 0 Å². The number of benzene rings is 1. The lowest BCUT2D eigenvalue weighted by atomic mass is 10.2. The molecule has 14 heavy (non-hydrogen) atoms. The van der Waals surface area contributed by atoms with Gasteiger partial charge in [-0.05, 0) is 24.6 Å². The Kier molecular flexibility index (Phi) is 2.50. The summed E-state index contributed by atoms with van der Waals surface area (Å²) in [5, 5.41) is 0. The van der Waals surface area contributed by atoms with E-state index < -0.39 is 0 Å². The predicted molar refractivity (Wildman–Crippen MR) is 53.8 cm³/mol. The van der Waals surface area contributed by atoms with E-state index in [1.807, 2.05) is 0 Å². The number of carbonyl (C=O) groups excluding carboxylic acids is 1. The third-order valence-corrected chi connectivity index (χ3v) is 2.48. The Balaban J connectivity index is 2.10. The lowest BCUT2D eigenvalue weighted by Crippen LogP contribution is -2.31. The van der Waals surface area contributed by atoms with Crippen LogP contribution in [0.2, 0.25) is 0 Å². The van der Waals surface area contributed by atoms with Gasteiger partial charge >= 0.3 is 0 Å². The molecule has 1 amide bonds. The van der Waals surface area contributed by atoms with Gasteiger partial charge in [0.15, 0.2) is 0 Å².